The Hall–Kier alpha value is -1.27. The summed E-state index contributed by atoms with van der Waals surface area (Å²) in [6.45, 7) is 3.75. The Kier molecular flexibility index (Phi) is 4.35. The number of aromatic nitrogens is 2. The number of halogens is 2. The molecule has 0 aliphatic heterocycles. The Morgan fingerprint density at radius 3 is 2.81 bits per heavy atom. The zero-order chi connectivity index (χ0) is 14.8. The van der Waals surface area contributed by atoms with E-state index in [1.54, 1.807) is 0 Å². The molecule has 0 atom stereocenters. The van der Waals surface area contributed by atoms with Gasteiger partial charge in [0.2, 0.25) is 0 Å². The van der Waals surface area contributed by atoms with E-state index < -0.39 is 0 Å². The standard InChI is InChI=1S/C16H15ClIN3/c1-2-21-15-6-4-3-5-14(15)20-16(21)10-19-13-8-7-11(17)9-12(13)18/h3-9,19H,2,10H2,1H3. The van der Waals surface area contributed by atoms with E-state index in [2.05, 4.69) is 57.6 Å². The Labute approximate surface area is 142 Å². The number of hydrogen-bond acceptors (Lipinski definition) is 2. The highest BCUT2D eigenvalue weighted by atomic mass is 127. The summed E-state index contributed by atoms with van der Waals surface area (Å²) < 4.78 is 3.35. The lowest BCUT2D eigenvalue weighted by Gasteiger charge is -2.10. The van der Waals surface area contributed by atoms with Crippen LogP contribution in [0.4, 0.5) is 5.69 Å². The number of nitrogens with one attached hydrogen (secondary N) is 1. The van der Waals surface area contributed by atoms with Gasteiger partial charge >= 0.3 is 0 Å². The van der Waals surface area contributed by atoms with Crippen LogP contribution in [0.2, 0.25) is 5.02 Å². The van der Waals surface area contributed by atoms with Crippen LogP contribution in [-0.2, 0) is 13.1 Å². The van der Waals surface area contributed by atoms with Crippen molar-refractivity contribution in [1.82, 2.24) is 9.55 Å². The van der Waals surface area contributed by atoms with Crippen molar-refractivity contribution in [3.05, 3.63) is 56.9 Å². The molecule has 0 saturated carbocycles. The molecule has 0 radical (unpaired) electrons. The first kappa shape index (κ1) is 14.7. The number of benzene rings is 2. The van der Waals surface area contributed by atoms with Gasteiger partial charge < -0.3 is 9.88 Å². The molecule has 1 heterocycles. The van der Waals surface area contributed by atoms with Gasteiger partial charge in [0.25, 0.3) is 0 Å². The van der Waals surface area contributed by atoms with Crippen LogP contribution >= 0.6 is 34.2 Å². The number of aryl methyl sites for hydroxylation is 1. The number of imidazole rings is 1. The van der Waals surface area contributed by atoms with Gasteiger partial charge in [-0.05, 0) is 59.8 Å². The first-order valence-corrected chi connectivity index (χ1v) is 8.27. The van der Waals surface area contributed by atoms with Crippen LogP contribution < -0.4 is 5.32 Å². The minimum atomic E-state index is 0.695. The topological polar surface area (TPSA) is 29.9 Å². The van der Waals surface area contributed by atoms with Crippen molar-refractivity contribution >= 4 is 50.9 Å². The number of anilines is 1. The first-order valence-electron chi connectivity index (χ1n) is 6.82. The largest absolute Gasteiger partial charge is 0.377 e. The maximum absolute atomic E-state index is 5.99. The van der Waals surface area contributed by atoms with Gasteiger partial charge in [-0.25, -0.2) is 4.98 Å². The number of rotatable bonds is 4. The summed E-state index contributed by atoms with van der Waals surface area (Å²) in [4.78, 5) is 4.72. The fraction of sp³-hybridized carbons (Fsp3) is 0.188. The van der Waals surface area contributed by atoms with Gasteiger partial charge in [-0.1, -0.05) is 23.7 Å². The molecule has 0 unspecified atom stereocenters. The molecule has 0 bridgehead atoms. The van der Waals surface area contributed by atoms with Gasteiger partial charge in [-0.15, -0.1) is 0 Å². The number of para-hydroxylation sites is 2. The zero-order valence-corrected chi connectivity index (χ0v) is 14.5. The molecule has 1 N–H and O–H groups in total. The quantitative estimate of drug-likeness (QED) is 0.617. The minimum Gasteiger partial charge on any atom is -0.377 e. The molecule has 1 aromatic heterocycles. The maximum Gasteiger partial charge on any atom is 0.129 e. The van der Waals surface area contributed by atoms with E-state index in [0.29, 0.717) is 6.54 Å². The van der Waals surface area contributed by atoms with Crippen LogP contribution in [0.25, 0.3) is 11.0 Å². The molecule has 0 spiro atoms. The lowest BCUT2D eigenvalue weighted by Crippen LogP contribution is -2.08. The predicted octanol–water partition coefficient (Wildman–Crippen LogP) is 4.93. The van der Waals surface area contributed by atoms with E-state index in [1.807, 2.05) is 24.3 Å². The Bertz CT molecular complexity index is 782. The van der Waals surface area contributed by atoms with E-state index in [9.17, 15) is 0 Å². The normalized spacial score (nSPS) is 11.0. The average Bonchev–Trinajstić information content (AvgIpc) is 2.83. The number of fused-ring (bicyclic) bond motifs is 1. The van der Waals surface area contributed by atoms with Crippen LogP contribution in [0.15, 0.2) is 42.5 Å². The Morgan fingerprint density at radius 2 is 2.05 bits per heavy atom. The fourth-order valence-electron chi connectivity index (χ4n) is 2.42. The molecule has 0 amide bonds. The summed E-state index contributed by atoms with van der Waals surface area (Å²) in [5.74, 6) is 1.05. The lowest BCUT2D eigenvalue weighted by molar-refractivity contribution is 0.729. The van der Waals surface area contributed by atoms with Crippen LogP contribution in [-0.4, -0.2) is 9.55 Å². The van der Waals surface area contributed by atoms with Crippen molar-refractivity contribution in [1.29, 1.82) is 0 Å². The molecule has 5 heteroatoms. The van der Waals surface area contributed by atoms with Crippen LogP contribution in [0, 0.1) is 3.57 Å². The summed E-state index contributed by atoms with van der Waals surface area (Å²) in [6.07, 6.45) is 0. The maximum atomic E-state index is 5.99. The highest BCUT2D eigenvalue weighted by Gasteiger charge is 2.09. The van der Waals surface area contributed by atoms with E-state index in [-0.39, 0.29) is 0 Å². The average molecular weight is 412 g/mol. The molecule has 21 heavy (non-hydrogen) atoms. The fourth-order valence-corrected chi connectivity index (χ4v) is 3.48. The first-order chi connectivity index (χ1) is 10.2. The van der Waals surface area contributed by atoms with Crippen molar-refractivity contribution in [3.63, 3.8) is 0 Å². The van der Waals surface area contributed by atoms with Crippen molar-refractivity contribution in [3.8, 4) is 0 Å². The third kappa shape index (κ3) is 3.01. The van der Waals surface area contributed by atoms with E-state index in [1.165, 1.54) is 5.52 Å². The molecule has 2 aromatic carbocycles. The summed E-state index contributed by atoms with van der Waals surface area (Å²) in [5.41, 5.74) is 3.30. The van der Waals surface area contributed by atoms with Gasteiger partial charge in [0, 0.05) is 20.8 Å². The third-order valence-corrected chi connectivity index (χ3v) is 4.55. The molecule has 0 saturated heterocycles. The monoisotopic (exact) mass is 411 g/mol. The molecular weight excluding hydrogens is 397 g/mol. The molecule has 3 aromatic rings. The van der Waals surface area contributed by atoms with E-state index in [4.69, 9.17) is 16.6 Å². The second-order valence-corrected chi connectivity index (χ2v) is 6.34. The predicted molar refractivity (Wildman–Crippen MR) is 96.9 cm³/mol. The second-order valence-electron chi connectivity index (χ2n) is 4.74. The molecule has 3 rings (SSSR count). The highest BCUT2D eigenvalue weighted by Crippen LogP contribution is 2.23. The van der Waals surface area contributed by atoms with Crippen molar-refractivity contribution in [2.45, 2.75) is 20.0 Å². The minimum absolute atomic E-state index is 0.695. The van der Waals surface area contributed by atoms with Gasteiger partial charge in [0.1, 0.15) is 5.82 Å². The molecule has 0 aliphatic carbocycles. The van der Waals surface area contributed by atoms with Gasteiger partial charge in [-0.3, -0.25) is 0 Å². The van der Waals surface area contributed by atoms with Gasteiger partial charge in [-0.2, -0.15) is 0 Å². The molecule has 108 valence electrons. The number of hydrogen-bond donors (Lipinski definition) is 1. The molecule has 3 nitrogen and oxygen atoms in total. The zero-order valence-electron chi connectivity index (χ0n) is 11.6. The summed E-state index contributed by atoms with van der Waals surface area (Å²) in [6, 6.07) is 14.1. The van der Waals surface area contributed by atoms with Crippen LogP contribution in [0.3, 0.4) is 0 Å². The lowest BCUT2D eigenvalue weighted by atomic mass is 10.3. The van der Waals surface area contributed by atoms with Gasteiger partial charge in [0.15, 0.2) is 0 Å². The van der Waals surface area contributed by atoms with E-state index >= 15 is 0 Å². The van der Waals surface area contributed by atoms with Crippen molar-refractivity contribution in [2.24, 2.45) is 0 Å². The van der Waals surface area contributed by atoms with Crippen molar-refractivity contribution < 1.29 is 0 Å². The highest BCUT2D eigenvalue weighted by molar-refractivity contribution is 14.1. The van der Waals surface area contributed by atoms with Gasteiger partial charge in [0.05, 0.1) is 17.6 Å². The Morgan fingerprint density at radius 1 is 1.24 bits per heavy atom. The smallest absolute Gasteiger partial charge is 0.129 e. The van der Waals surface area contributed by atoms with Crippen molar-refractivity contribution in [2.75, 3.05) is 5.32 Å². The SMILES string of the molecule is CCn1c(CNc2ccc(Cl)cc2I)nc2ccccc21. The summed E-state index contributed by atoms with van der Waals surface area (Å²) >= 11 is 8.27. The van der Waals surface area contributed by atoms with Crippen LogP contribution in [0.5, 0.6) is 0 Å². The summed E-state index contributed by atoms with van der Waals surface area (Å²) in [7, 11) is 0. The second kappa shape index (κ2) is 6.23. The summed E-state index contributed by atoms with van der Waals surface area (Å²) in [5, 5.41) is 4.20. The van der Waals surface area contributed by atoms with E-state index in [0.717, 1.165) is 32.2 Å². The third-order valence-electron chi connectivity index (χ3n) is 3.42. The molecule has 0 aliphatic rings. The molecular formula is C16H15ClIN3. The van der Waals surface area contributed by atoms with Crippen LogP contribution in [0.1, 0.15) is 12.7 Å². The number of nitrogens with zero attached hydrogens (tertiary/aromatic N) is 2. The molecule has 0 fully saturated rings. The Balaban J connectivity index is 1.88.